The van der Waals surface area contributed by atoms with Crippen LogP contribution in [0.2, 0.25) is 0 Å². The van der Waals surface area contributed by atoms with Gasteiger partial charge in [0.1, 0.15) is 0 Å². The number of rotatable bonds is 5. The van der Waals surface area contributed by atoms with Crippen LogP contribution in [0.25, 0.3) is 0 Å². The molecule has 0 unspecified atom stereocenters. The summed E-state index contributed by atoms with van der Waals surface area (Å²) >= 11 is 0. The second-order valence-corrected chi connectivity index (χ2v) is 5.36. The first-order chi connectivity index (χ1) is 8.23. The van der Waals surface area contributed by atoms with Gasteiger partial charge in [-0.15, -0.1) is 0 Å². The Kier molecular flexibility index (Phi) is 4.18. The first-order valence-corrected chi connectivity index (χ1v) is 6.59. The van der Waals surface area contributed by atoms with Crippen molar-refractivity contribution in [2.75, 3.05) is 20.6 Å². The van der Waals surface area contributed by atoms with Crippen LogP contribution in [0.15, 0.2) is 12.3 Å². The molecule has 4 nitrogen and oxygen atoms in total. The Morgan fingerprint density at radius 1 is 1.35 bits per heavy atom. The monoisotopic (exact) mass is 236 g/mol. The van der Waals surface area contributed by atoms with E-state index in [-0.39, 0.29) is 0 Å². The second kappa shape index (κ2) is 5.65. The normalized spacial score (nSPS) is 19.7. The number of H-pyrrole nitrogens is 1. The maximum Gasteiger partial charge on any atom is 0.0490 e. The largest absolute Gasteiger partial charge is 0.309 e. The van der Waals surface area contributed by atoms with Crippen LogP contribution < -0.4 is 5.32 Å². The number of aromatic nitrogens is 2. The van der Waals surface area contributed by atoms with Crippen molar-refractivity contribution in [3.05, 3.63) is 18.0 Å². The van der Waals surface area contributed by atoms with Crippen molar-refractivity contribution < 1.29 is 0 Å². The van der Waals surface area contributed by atoms with Crippen molar-refractivity contribution in [1.82, 2.24) is 20.4 Å². The number of hydrogen-bond donors (Lipinski definition) is 2. The van der Waals surface area contributed by atoms with E-state index < -0.39 is 0 Å². The van der Waals surface area contributed by atoms with E-state index >= 15 is 0 Å². The Hall–Kier alpha value is -0.870. The molecule has 96 valence electrons. The molecule has 1 heterocycles. The summed E-state index contributed by atoms with van der Waals surface area (Å²) in [4.78, 5) is 2.41. The molecule has 0 atom stereocenters. The standard InChI is InChI=1S/C13H24N4/c1-17(2)13(7-4-3-5-8-13)11-14-10-12-6-9-15-16-12/h6,9,14H,3-5,7-8,10-11H2,1-2H3,(H,15,16). The maximum absolute atomic E-state index is 3.96. The molecule has 1 aliphatic rings. The Bertz CT molecular complexity index is 312. The summed E-state index contributed by atoms with van der Waals surface area (Å²) in [7, 11) is 4.42. The van der Waals surface area contributed by atoms with Gasteiger partial charge in [-0.05, 0) is 33.0 Å². The molecule has 1 aromatic rings. The molecule has 0 saturated heterocycles. The summed E-state index contributed by atoms with van der Waals surface area (Å²) < 4.78 is 0. The molecule has 1 aliphatic carbocycles. The first kappa shape index (κ1) is 12.6. The number of aromatic amines is 1. The summed E-state index contributed by atoms with van der Waals surface area (Å²) in [6.45, 7) is 1.95. The lowest BCUT2D eigenvalue weighted by molar-refractivity contribution is 0.0983. The average molecular weight is 236 g/mol. The summed E-state index contributed by atoms with van der Waals surface area (Å²) in [5.41, 5.74) is 1.52. The van der Waals surface area contributed by atoms with E-state index in [0.717, 1.165) is 18.8 Å². The van der Waals surface area contributed by atoms with E-state index in [9.17, 15) is 0 Å². The highest BCUT2D eigenvalue weighted by molar-refractivity contribution is 4.98. The minimum Gasteiger partial charge on any atom is -0.309 e. The van der Waals surface area contributed by atoms with Gasteiger partial charge in [0.25, 0.3) is 0 Å². The Balaban J connectivity index is 1.85. The fourth-order valence-electron chi connectivity index (χ4n) is 2.80. The zero-order valence-electron chi connectivity index (χ0n) is 11.0. The van der Waals surface area contributed by atoms with E-state index in [0.29, 0.717) is 5.54 Å². The van der Waals surface area contributed by atoms with Gasteiger partial charge in [0.2, 0.25) is 0 Å². The highest BCUT2D eigenvalue weighted by Crippen LogP contribution is 2.31. The maximum atomic E-state index is 3.96. The molecule has 2 rings (SSSR count). The van der Waals surface area contributed by atoms with Gasteiger partial charge < -0.3 is 10.2 Å². The van der Waals surface area contributed by atoms with Crippen LogP contribution in [0, 0.1) is 0 Å². The van der Waals surface area contributed by atoms with Crippen molar-refractivity contribution in [2.24, 2.45) is 0 Å². The van der Waals surface area contributed by atoms with E-state index in [1.165, 1.54) is 32.1 Å². The Labute approximate surface area is 104 Å². The quantitative estimate of drug-likeness (QED) is 0.819. The summed E-state index contributed by atoms with van der Waals surface area (Å²) in [6.07, 6.45) is 8.56. The van der Waals surface area contributed by atoms with Gasteiger partial charge in [-0.3, -0.25) is 5.10 Å². The van der Waals surface area contributed by atoms with Crippen LogP contribution in [-0.4, -0.2) is 41.3 Å². The van der Waals surface area contributed by atoms with Crippen molar-refractivity contribution in [2.45, 2.75) is 44.2 Å². The second-order valence-electron chi connectivity index (χ2n) is 5.36. The van der Waals surface area contributed by atoms with Crippen molar-refractivity contribution in [3.63, 3.8) is 0 Å². The van der Waals surface area contributed by atoms with Crippen LogP contribution in [0.1, 0.15) is 37.8 Å². The van der Waals surface area contributed by atoms with E-state index in [1.807, 2.05) is 6.07 Å². The number of likely N-dealkylation sites (N-methyl/N-ethyl adjacent to an activating group) is 1. The Morgan fingerprint density at radius 3 is 2.71 bits per heavy atom. The van der Waals surface area contributed by atoms with Gasteiger partial charge in [-0.1, -0.05) is 19.3 Å². The number of nitrogens with zero attached hydrogens (tertiary/aromatic N) is 2. The smallest absolute Gasteiger partial charge is 0.0490 e. The third kappa shape index (κ3) is 3.07. The van der Waals surface area contributed by atoms with Gasteiger partial charge in [0, 0.05) is 30.5 Å². The highest BCUT2D eigenvalue weighted by Gasteiger charge is 2.33. The molecular formula is C13H24N4. The predicted octanol–water partition coefficient (Wildman–Crippen LogP) is 1.76. The summed E-state index contributed by atoms with van der Waals surface area (Å²) in [5.74, 6) is 0. The Morgan fingerprint density at radius 2 is 2.12 bits per heavy atom. The predicted molar refractivity (Wildman–Crippen MR) is 69.8 cm³/mol. The van der Waals surface area contributed by atoms with Crippen molar-refractivity contribution in [3.8, 4) is 0 Å². The van der Waals surface area contributed by atoms with Crippen LogP contribution in [0.4, 0.5) is 0 Å². The molecule has 17 heavy (non-hydrogen) atoms. The average Bonchev–Trinajstić information content (AvgIpc) is 2.83. The summed E-state index contributed by atoms with van der Waals surface area (Å²) in [6, 6.07) is 2.02. The molecule has 0 spiro atoms. The van der Waals surface area contributed by atoms with Crippen LogP contribution in [0.5, 0.6) is 0 Å². The number of hydrogen-bond acceptors (Lipinski definition) is 3. The van der Waals surface area contributed by atoms with Crippen LogP contribution in [-0.2, 0) is 6.54 Å². The molecule has 1 aromatic heterocycles. The highest BCUT2D eigenvalue weighted by atomic mass is 15.2. The zero-order chi connectivity index (χ0) is 12.1. The molecule has 0 radical (unpaired) electrons. The molecule has 0 amide bonds. The van der Waals surface area contributed by atoms with Crippen molar-refractivity contribution >= 4 is 0 Å². The van der Waals surface area contributed by atoms with E-state index in [2.05, 4.69) is 34.5 Å². The van der Waals surface area contributed by atoms with Crippen molar-refractivity contribution in [1.29, 1.82) is 0 Å². The van der Waals surface area contributed by atoms with E-state index in [4.69, 9.17) is 0 Å². The fraction of sp³-hybridized carbons (Fsp3) is 0.769. The van der Waals surface area contributed by atoms with Gasteiger partial charge in [-0.2, -0.15) is 5.10 Å². The molecule has 0 aliphatic heterocycles. The zero-order valence-corrected chi connectivity index (χ0v) is 11.0. The third-order valence-corrected chi connectivity index (χ3v) is 4.06. The molecule has 2 N–H and O–H groups in total. The molecule has 4 heteroatoms. The van der Waals surface area contributed by atoms with Gasteiger partial charge in [0.05, 0.1) is 0 Å². The molecular weight excluding hydrogens is 212 g/mol. The topological polar surface area (TPSA) is 44.0 Å². The van der Waals surface area contributed by atoms with Gasteiger partial charge in [0.15, 0.2) is 0 Å². The van der Waals surface area contributed by atoms with Gasteiger partial charge >= 0.3 is 0 Å². The third-order valence-electron chi connectivity index (χ3n) is 4.06. The number of nitrogens with one attached hydrogen (secondary N) is 2. The van der Waals surface area contributed by atoms with E-state index in [1.54, 1.807) is 6.20 Å². The molecule has 1 fully saturated rings. The van der Waals surface area contributed by atoms with Crippen LogP contribution >= 0.6 is 0 Å². The summed E-state index contributed by atoms with van der Waals surface area (Å²) in [5, 5.41) is 10.5. The molecule has 0 aromatic carbocycles. The fourth-order valence-corrected chi connectivity index (χ4v) is 2.80. The lowest BCUT2D eigenvalue weighted by Gasteiger charge is -2.43. The minimum absolute atomic E-state index is 0.359. The molecule has 1 saturated carbocycles. The lowest BCUT2D eigenvalue weighted by Crippen LogP contribution is -2.52. The lowest BCUT2D eigenvalue weighted by atomic mass is 9.80. The minimum atomic E-state index is 0.359. The molecule has 0 bridgehead atoms. The first-order valence-electron chi connectivity index (χ1n) is 6.59. The SMILES string of the molecule is CN(C)C1(CNCc2ccn[nH]2)CCCCC1. The van der Waals surface area contributed by atoms with Gasteiger partial charge in [-0.25, -0.2) is 0 Å². The van der Waals surface area contributed by atoms with Crippen LogP contribution in [0.3, 0.4) is 0 Å².